The van der Waals surface area contributed by atoms with Crippen LogP contribution >= 0.6 is 0 Å². The third-order valence-electron chi connectivity index (χ3n) is 6.07. The first-order chi connectivity index (χ1) is 12.7. The van der Waals surface area contributed by atoms with E-state index in [9.17, 15) is 9.59 Å². The zero-order valence-electron chi connectivity index (χ0n) is 15.3. The highest BCUT2D eigenvalue weighted by molar-refractivity contribution is 5.97. The number of carbonyl (C=O) groups excluding carboxylic acids is 2. The van der Waals surface area contributed by atoms with Crippen molar-refractivity contribution in [3.8, 4) is 0 Å². The van der Waals surface area contributed by atoms with Gasteiger partial charge in [0.15, 0.2) is 0 Å². The third-order valence-corrected chi connectivity index (χ3v) is 6.07. The highest BCUT2D eigenvalue weighted by Crippen LogP contribution is 2.29. The van der Waals surface area contributed by atoms with E-state index in [1.807, 2.05) is 23.1 Å². The Hall–Kier alpha value is -1.95. The first-order valence-electron chi connectivity index (χ1n) is 9.94. The summed E-state index contributed by atoms with van der Waals surface area (Å²) in [7, 11) is 0. The van der Waals surface area contributed by atoms with Crippen LogP contribution in [0.15, 0.2) is 24.4 Å². The lowest BCUT2D eigenvalue weighted by molar-refractivity contribution is -0.153. The summed E-state index contributed by atoms with van der Waals surface area (Å²) >= 11 is 0. The van der Waals surface area contributed by atoms with Crippen molar-refractivity contribution in [1.82, 2.24) is 20.1 Å². The van der Waals surface area contributed by atoms with Gasteiger partial charge >= 0.3 is 0 Å². The third kappa shape index (κ3) is 3.75. The van der Waals surface area contributed by atoms with Crippen molar-refractivity contribution in [2.45, 2.75) is 57.2 Å². The minimum Gasteiger partial charge on any atom is -0.342 e. The fourth-order valence-electron chi connectivity index (χ4n) is 4.64. The van der Waals surface area contributed by atoms with Crippen LogP contribution in [0.25, 0.3) is 0 Å². The molecule has 3 heterocycles. The number of nitrogens with one attached hydrogen (secondary N) is 1. The standard InChI is InChI=1S/C20H28N4O2/c25-19-18-14-23(13-16-8-4-5-9-21-16)10-11-24(18)20(26)17(22-19)12-15-6-2-1-3-7-15/h4-5,8-9,15,17-18H,1-3,6-7,10-14H2,(H,22,25)/t17-,18+/m0/s1. The average molecular weight is 356 g/mol. The largest absolute Gasteiger partial charge is 0.342 e. The monoisotopic (exact) mass is 356 g/mol. The van der Waals surface area contributed by atoms with E-state index < -0.39 is 0 Å². The van der Waals surface area contributed by atoms with E-state index in [1.54, 1.807) is 6.20 Å². The number of nitrogens with zero attached hydrogens (tertiary/aromatic N) is 3. The topological polar surface area (TPSA) is 65.5 Å². The van der Waals surface area contributed by atoms with Gasteiger partial charge in [0, 0.05) is 32.4 Å². The highest BCUT2D eigenvalue weighted by atomic mass is 16.2. The van der Waals surface area contributed by atoms with Crippen molar-refractivity contribution in [3.63, 3.8) is 0 Å². The van der Waals surface area contributed by atoms with Gasteiger partial charge in [0.2, 0.25) is 11.8 Å². The van der Waals surface area contributed by atoms with Crippen LogP contribution < -0.4 is 5.32 Å². The van der Waals surface area contributed by atoms with E-state index in [4.69, 9.17) is 0 Å². The van der Waals surface area contributed by atoms with Gasteiger partial charge in [0.25, 0.3) is 0 Å². The summed E-state index contributed by atoms with van der Waals surface area (Å²) < 4.78 is 0. The Balaban J connectivity index is 1.37. The number of piperazine rings is 2. The summed E-state index contributed by atoms with van der Waals surface area (Å²) in [6, 6.07) is 5.21. The molecule has 1 aromatic heterocycles. The number of rotatable bonds is 4. The summed E-state index contributed by atoms with van der Waals surface area (Å²) in [5.74, 6) is 0.716. The van der Waals surface area contributed by atoms with Gasteiger partial charge in [-0.1, -0.05) is 38.2 Å². The van der Waals surface area contributed by atoms with Gasteiger partial charge in [-0.05, 0) is 24.5 Å². The fourth-order valence-corrected chi connectivity index (χ4v) is 4.64. The molecule has 2 aliphatic heterocycles. The molecule has 0 aromatic carbocycles. The van der Waals surface area contributed by atoms with Crippen LogP contribution in [0, 0.1) is 5.92 Å². The zero-order valence-corrected chi connectivity index (χ0v) is 15.3. The lowest BCUT2D eigenvalue weighted by Gasteiger charge is -2.45. The van der Waals surface area contributed by atoms with Gasteiger partial charge in [-0.2, -0.15) is 0 Å². The lowest BCUT2D eigenvalue weighted by atomic mass is 9.84. The summed E-state index contributed by atoms with van der Waals surface area (Å²) in [4.78, 5) is 34.0. The number of hydrogen-bond acceptors (Lipinski definition) is 4. The second-order valence-electron chi connectivity index (χ2n) is 7.90. The average Bonchev–Trinajstić information content (AvgIpc) is 2.67. The van der Waals surface area contributed by atoms with E-state index in [0.29, 0.717) is 19.0 Å². The Morgan fingerprint density at radius 3 is 2.73 bits per heavy atom. The van der Waals surface area contributed by atoms with Crippen molar-refractivity contribution >= 4 is 11.8 Å². The molecule has 4 rings (SSSR count). The molecule has 2 amide bonds. The summed E-state index contributed by atoms with van der Waals surface area (Å²) in [5, 5.41) is 3.02. The molecule has 0 bridgehead atoms. The normalized spacial score (nSPS) is 27.9. The van der Waals surface area contributed by atoms with Crippen LogP contribution in [0.2, 0.25) is 0 Å². The molecule has 3 fully saturated rings. The SMILES string of the molecule is O=C1N[C@@H](CC2CCCCC2)C(=O)N2CCN(Cc3ccccn3)C[C@H]12. The van der Waals surface area contributed by atoms with Crippen molar-refractivity contribution in [3.05, 3.63) is 30.1 Å². The minimum atomic E-state index is -0.359. The van der Waals surface area contributed by atoms with E-state index in [2.05, 4.69) is 15.2 Å². The Kier molecular flexibility index (Phi) is 5.20. The van der Waals surface area contributed by atoms with Gasteiger partial charge in [-0.3, -0.25) is 19.5 Å². The van der Waals surface area contributed by atoms with Crippen LogP contribution in [0.4, 0.5) is 0 Å². The zero-order chi connectivity index (χ0) is 17.9. The van der Waals surface area contributed by atoms with Crippen LogP contribution in [0.1, 0.15) is 44.2 Å². The molecule has 3 aliphatic rings. The molecule has 6 heteroatoms. The van der Waals surface area contributed by atoms with Gasteiger partial charge in [0.05, 0.1) is 5.69 Å². The highest BCUT2D eigenvalue weighted by Gasteiger charge is 2.43. The molecular weight excluding hydrogens is 328 g/mol. The molecule has 1 aromatic rings. The second kappa shape index (κ2) is 7.74. The molecule has 0 spiro atoms. The number of aromatic nitrogens is 1. The molecule has 140 valence electrons. The van der Waals surface area contributed by atoms with E-state index >= 15 is 0 Å². The predicted molar refractivity (Wildman–Crippen MR) is 98.1 cm³/mol. The number of pyridine rings is 1. The molecule has 2 atom stereocenters. The second-order valence-corrected chi connectivity index (χ2v) is 7.90. The first kappa shape index (κ1) is 17.5. The molecule has 26 heavy (non-hydrogen) atoms. The molecular formula is C20H28N4O2. The maximum Gasteiger partial charge on any atom is 0.245 e. The van der Waals surface area contributed by atoms with E-state index in [1.165, 1.54) is 32.1 Å². The molecule has 6 nitrogen and oxygen atoms in total. The van der Waals surface area contributed by atoms with Crippen molar-refractivity contribution in [1.29, 1.82) is 0 Å². The smallest absolute Gasteiger partial charge is 0.245 e. The number of amides is 2. The molecule has 0 unspecified atom stereocenters. The maximum atomic E-state index is 12.9. The van der Waals surface area contributed by atoms with Gasteiger partial charge in [0.1, 0.15) is 12.1 Å². The van der Waals surface area contributed by atoms with Crippen LogP contribution in [-0.4, -0.2) is 58.3 Å². The number of fused-ring (bicyclic) bond motifs is 1. The molecule has 1 N–H and O–H groups in total. The van der Waals surface area contributed by atoms with Crippen molar-refractivity contribution in [2.75, 3.05) is 19.6 Å². The van der Waals surface area contributed by atoms with Crippen LogP contribution in [0.3, 0.4) is 0 Å². The Morgan fingerprint density at radius 2 is 1.96 bits per heavy atom. The van der Waals surface area contributed by atoms with Crippen molar-refractivity contribution in [2.24, 2.45) is 5.92 Å². The maximum absolute atomic E-state index is 12.9. The lowest BCUT2D eigenvalue weighted by Crippen LogP contribution is -2.69. The Labute approximate surface area is 155 Å². The Bertz CT molecular complexity index is 644. The van der Waals surface area contributed by atoms with Gasteiger partial charge in [-0.25, -0.2) is 0 Å². The molecule has 1 aliphatic carbocycles. The van der Waals surface area contributed by atoms with E-state index in [-0.39, 0.29) is 23.9 Å². The fraction of sp³-hybridized carbons (Fsp3) is 0.650. The van der Waals surface area contributed by atoms with Gasteiger partial charge in [-0.15, -0.1) is 0 Å². The summed E-state index contributed by atoms with van der Waals surface area (Å²) in [6.45, 7) is 2.73. The minimum absolute atomic E-state index is 0.0103. The van der Waals surface area contributed by atoms with Crippen LogP contribution in [-0.2, 0) is 16.1 Å². The van der Waals surface area contributed by atoms with Crippen molar-refractivity contribution < 1.29 is 9.59 Å². The Morgan fingerprint density at radius 1 is 1.12 bits per heavy atom. The summed E-state index contributed by atoms with van der Waals surface area (Å²) in [6.07, 6.45) is 8.82. The molecule has 2 saturated heterocycles. The van der Waals surface area contributed by atoms with Gasteiger partial charge < -0.3 is 10.2 Å². The number of hydrogen-bond donors (Lipinski definition) is 1. The first-order valence-corrected chi connectivity index (χ1v) is 9.94. The number of carbonyl (C=O) groups is 2. The quantitative estimate of drug-likeness (QED) is 0.889. The predicted octanol–water partition coefficient (Wildman–Crippen LogP) is 1.56. The molecule has 0 radical (unpaired) electrons. The summed E-state index contributed by atoms with van der Waals surface area (Å²) in [5.41, 5.74) is 0.999. The van der Waals surface area contributed by atoms with Crippen LogP contribution in [0.5, 0.6) is 0 Å². The van der Waals surface area contributed by atoms with E-state index in [0.717, 1.165) is 25.2 Å². The molecule has 1 saturated carbocycles.